The Bertz CT molecular complexity index is 565. The SMILES string of the molecule is CC(C)c1ccc(N2CCCCC2)c2ccccc12. The Kier molecular flexibility index (Phi) is 3.46. The molecule has 1 heterocycles. The molecule has 0 saturated carbocycles. The van der Waals surface area contributed by atoms with Crippen LogP contribution in [0.5, 0.6) is 0 Å². The van der Waals surface area contributed by atoms with Crippen molar-refractivity contribution in [3.8, 4) is 0 Å². The lowest BCUT2D eigenvalue weighted by Gasteiger charge is -2.30. The Balaban J connectivity index is 2.13. The van der Waals surface area contributed by atoms with Crippen LogP contribution in [0.4, 0.5) is 5.69 Å². The molecule has 0 N–H and O–H groups in total. The summed E-state index contributed by atoms with van der Waals surface area (Å²) in [7, 11) is 0. The van der Waals surface area contributed by atoms with Gasteiger partial charge in [0.2, 0.25) is 0 Å². The van der Waals surface area contributed by atoms with Crippen LogP contribution in [0.2, 0.25) is 0 Å². The molecule has 0 aliphatic carbocycles. The summed E-state index contributed by atoms with van der Waals surface area (Å²) in [5, 5.41) is 2.86. The largest absolute Gasteiger partial charge is 0.371 e. The van der Waals surface area contributed by atoms with Crippen molar-refractivity contribution in [1.29, 1.82) is 0 Å². The molecule has 1 heteroatoms. The third-order valence-corrected chi connectivity index (χ3v) is 4.25. The minimum absolute atomic E-state index is 0.584. The van der Waals surface area contributed by atoms with E-state index in [2.05, 4.69) is 55.1 Å². The van der Waals surface area contributed by atoms with Gasteiger partial charge < -0.3 is 4.90 Å². The van der Waals surface area contributed by atoms with Gasteiger partial charge in [0.15, 0.2) is 0 Å². The highest BCUT2D eigenvalue weighted by atomic mass is 15.1. The van der Waals surface area contributed by atoms with E-state index in [1.807, 2.05) is 0 Å². The van der Waals surface area contributed by atoms with Crippen molar-refractivity contribution in [2.45, 2.75) is 39.0 Å². The van der Waals surface area contributed by atoms with Crippen LogP contribution in [0.1, 0.15) is 44.6 Å². The molecule has 2 aromatic rings. The van der Waals surface area contributed by atoms with E-state index < -0.39 is 0 Å². The highest BCUT2D eigenvalue weighted by Crippen LogP contribution is 2.33. The van der Waals surface area contributed by atoms with Gasteiger partial charge in [-0.1, -0.05) is 44.2 Å². The topological polar surface area (TPSA) is 3.24 Å². The number of hydrogen-bond acceptors (Lipinski definition) is 1. The van der Waals surface area contributed by atoms with E-state index in [1.165, 1.54) is 54.4 Å². The van der Waals surface area contributed by atoms with Crippen LogP contribution < -0.4 is 4.90 Å². The number of rotatable bonds is 2. The first kappa shape index (κ1) is 12.5. The van der Waals surface area contributed by atoms with Crippen LogP contribution in [-0.2, 0) is 0 Å². The molecule has 0 unspecified atom stereocenters. The van der Waals surface area contributed by atoms with E-state index in [-0.39, 0.29) is 0 Å². The zero-order chi connectivity index (χ0) is 13.2. The van der Waals surface area contributed by atoms with Gasteiger partial charge >= 0.3 is 0 Å². The maximum atomic E-state index is 2.57. The number of anilines is 1. The third-order valence-electron chi connectivity index (χ3n) is 4.25. The van der Waals surface area contributed by atoms with E-state index in [0.29, 0.717) is 5.92 Å². The lowest BCUT2D eigenvalue weighted by molar-refractivity contribution is 0.579. The first-order valence-electron chi connectivity index (χ1n) is 7.54. The molecular formula is C18H23N. The van der Waals surface area contributed by atoms with E-state index in [9.17, 15) is 0 Å². The quantitative estimate of drug-likeness (QED) is 0.731. The predicted molar refractivity (Wildman–Crippen MR) is 84.1 cm³/mol. The van der Waals surface area contributed by atoms with Gasteiger partial charge in [0.05, 0.1) is 0 Å². The van der Waals surface area contributed by atoms with E-state index in [4.69, 9.17) is 0 Å². The van der Waals surface area contributed by atoms with Gasteiger partial charge in [-0.05, 0) is 42.2 Å². The van der Waals surface area contributed by atoms with Crippen molar-refractivity contribution in [1.82, 2.24) is 0 Å². The van der Waals surface area contributed by atoms with Crippen molar-refractivity contribution in [3.63, 3.8) is 0 Å². The molecule has 19 heavy (non-hydrogen) atoms. The number of hydrogen-bond donors (Lipinski definition) is 0. The molecule has 1 aliphatic rings. The fourth-order valence-electron chi connectivity index (χ4n) is 3.22. The smallest absolute Gasteiger partial charge is 0.0446 e. The van der Waals surface area contributed by atoms with Gasteiger partial charge in [-0.3, -0.25) is 0 Å². The van der Waals surface area contributed by atoms with E-state index in [0.717, 1.165) is 0 Å². The van der Waals surface area contributed by atoms with Crippen LogP contribution >= 0.6 is 0 Å². The molecule has 2 aromatic carbocycles. The summed E-state index contributed by atoms with van der Waals surface area (Å²) in [5.74, 6) is 0.584. The van der Waals surface area contributed by atoms with Gasteiger partial charge in [-0.15, -0.1) is 0 Å². The second-order valence-electron chi connectivity index (χ2n) is 5.92. The molecule has 0 aromatic heterocycles. The molecular weight excluding hydrogens is 230 g/mol. The fraction of sp³-hybridized carbons (Fsp3) is 0.444. The summed E-state index contributed by atoms with van der Waals surface area (Å²) in [4.78, 5) is 2.57. The number of nitrogens with zero attached hydrogens (tertiary/aromatic N) is 1. The molecule has 0 radical (unpaired) electrons. The van der Waals surface area contributed by atoms with Crippen molar-refractivity contribution >= 4 is 16.5 Å². The number of fused-ring (bicyclic) bond motifs is 1. The lowest BCUT2D eigenvalue weighted by Crippen LogP contribution is -2.29. The Morgan fingerprint density at radius 1 is 0.842 bits per heavy atom. The molecule has 100 valence electrons. The minimum atomic E-state index is 0.584. The second kappa shape index (κ2) is 5.24. The fourth-order valence-corrected chi connectivity index (χ4v) is 3.22. The molecule has 0 spiro atoms. The molecule has 0 amide bonds. The van der Waals surface area contributed by atoms with Gasteiger partial charge in [0.25, 0.3) is 0 Å². The Morgan fingerprint density at radius 2 is 1.53 bits per heavy atom. The zero-order valence-electron chi connectivity index (χ0n) is 12.0. The average molecular weight is 253 g/mol. The maximum Gasteiger partial charge on any atom is 0.0446 e. The van der Waals surface area contributed by atoms with Crippen LogP contribution in [0, 0.1) is 0 Å². The number of piperidine rings is 1. The Hall–Kier alpha value is -1.50. The highest BCUT2D eigenvalue weighted by molar-refractivity contribution is 5.96. The van der Waals surface area contributed by atoms with Crippen LogP contribution in [-0.4, -0.2) is 13.1 Å². The molecule has 0 bridgehead atoms. The summed E-state index contributed by atoms with van der Waals surface area (Å²) in [6.07, 6.45) is 4.05. The van der Waals surface area contributed by atoms with Crippen molar-refractivity contribution in [2.24, 2.45) is 0 Å². The molecule has 1 nitrogen and oxygen atoms in total. The molecule has 0 atom stereocenters. The second-order valence-corrected chi connectivity index (χ2v) is 5.92. The van der Waals surface area contributed by atoms with E-state index >= 15 is 0 Å². The van der Waals surface area contributed by atoms with E-state index in [1.54, 1.807) is 0 Å². The Labute approximate surface area is 116 Å². The summed E-state index contributed by atoms with van der Waals surface area (Å²) in [6, 6.07) is 13.6. The Morgan fingerprint density at radius 3 is 2.21 bits per heavy atom. The van der Waals surface area contributed by atoms with Crippen molar-refractivity contribution in [2.75, 3.05) is 18.0 Å². The van der Waals surface area contributed by atoms with Crippen LogP contribution in [0.3, 0.4) is 0 Å². The molecule has 1 fully saturated rings. The summed E-state index contributed by atoms with van der Waals surface area (Å²) < 4.78 is 0. The summed E-state index contributed by atoms with van der Waals surface area (Å²) in [5.41, 5.74) is 2.90. The molecule has 1 saturated heterocycles. The zero-order valence-corrected chi connectivity index (χ0v) is 12.0. The van der Waals surface area contributed by atoms with Gasteiger partial charge in [-0.25, -0.2) is 0 Å². The van der Waals surface area contributed by atoms with Gasteiger partial charge in [0, 0.05) is 24.2 Å². The predicted octanol–water partition coefficient (Wildman–Crippen LogP) is 4.95. The maximum absolute atomic E-state index is 2.57. The van der Waals surface area contributed by atoms with Crippen LogP contribution in [0.15, 0.2) is 36.4 Å². The van der Waals surface area contributed by atoms with Gasteiger partial charge in [-0.2, -0.15) is 0 Å². The third kappa shape index (κ3) is 2.34. The van der Waals surface area contributed by atoms with Crippen molar-refractivity contribution < 1.29 is 0 Å². The standard InChI is InChI=1S/C18H23N/c1-14(2)15-10-11-18(19-12-6-3-7-13-19)17-9-5-4-8-16(15)17/h4-5,8-11,14H,3,6-7,12-13H2,1-2H3. The van der Waals surface area contributed by atoms with Gasteiger partial charge in [0.1, 0.15) is 0 Å². The average Bonchev–Trinajstić information content (AvgIpc) is 2.47. The molecule has 1 aliphatic heterocycles. The highest BCUT2D eigenvalue weighted by Gasteiger charge is 2.15. The summed E-state index contributed by atoms with van der Waals surface area (Å²) in [6.45, 7) is 6.99. The normalized spacial score (nSPS) is 16.3. The first-order valence-corrected chi connectivity index (χ1v) is 7.54. The van der Waals surface area contributed by atoms with Crippen molar-refractivity contribution in [3.05, 3.63) is 42.0 Å². The monoisotopic (exact) mass is 253 g/mol. The lowest BCUT2D eigenvalue weighted by atomic mass is 9.94. The molecule has 3 rings (SSSR count). The number of benzene rings is 2. The minimum Gasteiger partial charge on any atom is -0.371 e. The summed E-state index contributed by atoms with van der Waals surface area (Å²) >= 11 is 0. The first-order chi connectivity index (χ1) is 9.27. The van der Waals surface area contributed by atoms with Crippen LogP contribution in [0.25, 0.3) is 10.8 Å².